The van der Waals surface area contributed by atoms with Crippen LogP contribution < -0.4 is 10.6 Å². The fraction of sp³-hybridized carbons (Fsp3) is 0.588. The van der Waals surface area contributed by atoms with Crippen LogP contribution >= 0.6 is 0 Å². The van der Waals surface area contributed by atoms with Gasteiger partial charge in [-0.3, -0.25) is 4.99 Å². The lowest BCUT2D eigenvalue weighted by Crippen LogP contribution is -2.39. The van der Waals surface area contributed by atoms with E-state index >= 15 is 0 Å². The molecule has 0 spiro atoms. The van der Waals surface area contributed by atoms with E-state index in [4.69, 9.17) is 0 Å². The van der Waals surface area contributed by atoms with Crippen molar-refractivity contribution in [1.29, 1.82) is 0 Å². The van der Waals surface area contributed by atoms with Gasteiger partial charge in [0.15, 0.2) is 15.8 Å². The van der Waals surface area contributed by atoms with E-state index in [9.17, 15) is 12.8 Å². The Morgan fingerprint density at radius 1 is 1.46 bits per heavy atom. The number of hydrogen-bond acceptors (Lipinski definition) is 3. The van der Waals surface area contributed by atoms with Crippen molar-refractivity contribution in [1.82, 2.24) is 10.6 Å². The van der Waals surface area contributed by atoms with Gasteiger partial charge in [0.1, 0.15) is 5.82 Å². The van der Waals surface area contributed by atoms with Crippen molar-refractivity contribution in [3.63, 3.8) is 0 Å². The van der Waals surface area contributed by atoms with Gasteiger partial charge in [0, 0.05) is 13.1 Å². The van der Waals surface area contributed by atoms with Crippen molar-refractivity contribution in [2.45, 2.75) is 33.2 Å². The number of sulfone groups is 1. The van der Waals surface area contributed by atoms with Gasteiger partial charge in [-0.1, -0.05) is 12.1 Å². The highest BCUT2D eigenvalue weighted by molar-refractivity contribution is 7.91. The van der Waals surface area contributed by atoms with Gasteiger partial charge in [0.25, 0.3) is 0 Å². The van der Waals surface area contributed by atoms with Crippen molar-refractivity contribution in [2.75, 3.05) is 24.6 Å². The van der Waals surface area contributed by atoms with Crippen LogP contribution in [0.4, 0.5) is 4.39 Å². The van der Waals surface area contributed by atoms with Gasteiger partial charge in [-0.15, -0.1) is 0 Å². The molecule has 1 heterocycles. The predicted octanol–water partition coefficient (Wildman–Crippen LogP) is 2.18. The molecule has 1 fully saturated rings. The van der Waals surface area contributed by atoms with Crippen molar-refractivity contribution in [2.24, 2.45) is 10.9 Å². The monoisotopic (exact) mass is 355 g/mol. The molecule has 2 N–H and O–H groups in total. The topological polar surface area (TPSA) is 70.6 Å². The maximum atomic E-state index is 13.7. The number of aliphatic imine (C=N–C) groups is 1. The lowest BCUT2D eigenvalue weighted by molar-refractivity contribution is 0.587. The molecule has 24 heavy (non-hydrogen) atoms. The molecule has 0 aromatic heterocycles. The van der Waals surface area contributed by atoms with Crippen molar-refractivity contribution in [3.8, 4) is 0 Å². The third-order valence-electron chi connectivity index (χ3n) is 4.23. The average Bonchev–Trinajstić information content (AvgIpc) is 2.87. The molecule has 0 radical (unpaired) electrons. The number of benzene rings is 1. The minimum atomic E-state index is -2.88. The summed E-state index contributed by atoms with van der Waals surface area (Å²) in [4.78, 5) is 4.50. The highest BCUT2D eigenvalue weighted by Gasteiger charge is 2.27. The van der Waals surface area contributed by atoms with Gasteiger partial charge in [-0.2, -0.15) is 0 Å². The maximum absolute atomic E-state index is 13.7. The minimum Gasteiger partial charge on any atom is -0.357 e. The first-order chi connectivity index (χ1) is 11.3. The molecule has 2 rings (SSSR count). The van der Waals surface area contributed by atoms with Gasteiger partial charge < -0.3 is 10.6 Å². The number of rotatable bonds is 5. The molecule has 1 saturated heterocycles. The van der Waals surface area contributed by atoms with Crippen LogP contribution in [0.25, 0.3) is 0 Å². The van der Waals surface area contributed by atoms with E-state index in [-0.39, 0.29) is 29.3 Å². The first-order valence-corrected chi connectivity index (χ1v) is 10.1. The van der Waals surface area contributed by atoms with Crippen molar-refractivity contribution < 1.29 is 12.8 Å². The second kappa shape index (κ2) is 7.96. The zero-order valence-corrected chi connectivity index (χ0v) is 15.3. The number of halogens is 1. The van der Waals surface area contributed by atoms with Crippen LogP contribution in [0.2, 0.25) is 0 Å². The zero-order chi connectivity index (χ0) is 17.7. The fourth-order valence-corrected chi connectivity index (χ4v) is 4.57. The molecule has 2 unspecified atom stereocenters. The minimum absolute atomic E-state index is 0.0811. The highest BCUT2D eigenvalue weighted by atomic mass is 32.2. The molecule has 5 nitrogen and oxygen atoms in total. The standard InChI is InChI=1S/C17H26FN3O2S/c1-4-19-17(20-10-14-7-8-24(22,23)11-14)21-13(3)15-6-5-12(2)16(18)9-15/h5-6,9,13-14H,4,7-8,10-11H2,1-3H3,(H2,19,20,21). The van der Waals surface area contributed by atoms with Crippen LogP contribution in [0.3, 0.4) is 0 Å². The highest BCUT2D eigenvalue weighted by Crippen LogP contribution is 2.19. The second-order valence-electron chi connectivity index (χ2n) is 6.36. The SMILES string of the molecule is CCNC(=NCC1CCS(=O)(=O)C1)NC(C)c1ccc(C)c(F)c1. The largest absolute Gasteiger partial charge is 0.357 e. The molecule has 0 bridgehead atoms. The van der Waals surface area contributed by atoms with Crippen LogP contribution in [0.1, 0.15) is 37.4 Å². The Bertz CT molecular complexity index is 704. The third-order valence-corrected chi connectivity index (χ3v) is 6.06. The van der Waals surface area contributed by atoms with E-state index in [0.717, 1.165) is 5.56 Å². The van der Waals surface area contributed by atoms with E-state index in [0.29, 0.717) is 31.0 Å². The quantitative estimate of drug-likeness (QED) is 0.627. The zero-order valence-electron chi connectivity index (χ0n) is 14.5. The Morgan fingerprint density at radius 3 is 2.79 bits per heavy atom. The van der Waals surface area contributed by atoms with E-state index < -0.39 is 9.84 Å². The van der Waals surface area contributed by atoms with Crippen LogP contribution in [0.5, 0.6) is 0 Å². The molecule has 1 aliphatic rings. The molecule has 7 heteroatoms. The first kappa shape index (κ1) is 18.7. The van der Waals surface area contributed by atoms with E-state index in [1.807, 2.05) is 19.9 Å². The third kappa shape index (κ3) is 5.19. The van der Waals surface area contributed by atoms with Crippen LogP contribution in [-0.4, -0.2) is 39.0 Å². The van der Waals surface area contributed by atoms with Gasteiger partial charge in [0.2, 0.25) is 0 Å². The summed E-state index contributed by atoms with van der Waals surface area (Å²) in [6.45, 7) is 6.82. The lowest BCUT2D eigenvalue weighted by Gasteiger charge is -2.19. The normalized spacial score (nSPS) is 21.5. The van der Waals surface area contributed by atoms with Crippen molar-refractivity contribution >= 4 is 15.8 Å². The molecular formula is C17H26FN3O2S. The first-order valence-electron chi connectivity index (χ1n) is 8.32. The van der Waals surface area contributed by atoms with Gasteiger partial charge >= 0.3 is 0 Å². The Balaban J connectivity index is 2.01. The Morgan fingerprint density at radius 2 is 2.21 bits per heavy atom. The molecule has 0 amide bonds. The van der Waals surface area contributed by atoms with Crippen LogP contribution in [0.15, 0.2) is 23.2 Å². The number of guanidine groups is 1. The van der Waals surface area contributed by atoms with Crippen LogP contribution in [0, 0.1) is 18.7 Å². The predicted molar refractivity (Wildman–Crippen MR) is 95.4 cm³/mol. The molecule has 1 aliphatic heterocycles. The summed E-state index contributed by atoms with van der Waals surface area (Å²) in [6.07, 6.45) is 0.671. The van der Waals surface area contributed by atoms with Crippen molar-refractivity contribution in [3.05, 3.63) is 35.1 Å². The summed E-state index contributed by atoms with van der Waals surface area (Å²) in [7, 11) is -2.88. The van der Waals surface area contributed by atoms with E-state index in [2.05, 4.69) is 15.6 Å². The fourth-order valence-electron chi connectivity index (χ4n) is 2.72. The lowest BCUT2D eigenvalue weighted by atomic mass is 10.1. The van der Waals surface area contributed by atoms with E-state index in [1.165, 1.54) is 6.07 Å². The smallest absolute Gasteiger partial charge is 0.191 e. The summed E-state index contributed by atoms with van der Waals surface area (Å²) >= 11 is 0. The van der Waals surface area contributed by atoms with Crippen LogP contribution in [-0.2, 0) is 9.84 Å². The van der Waals surface area contributed by atoms with Gasteiger partial charge in [-0.25, -0.2) is 12.8 Å². The summed E-state index contributed by atoms with van der Waals surface area (Å²) in [5.41, 5.74) is 1.46. The Labute approximate surface area is 143 Å². The molecule has 0 saturated carbocycles. The number of hydrogen-bond donors (Lipinski definition) is 2. The number of nitrogens with zero attached hydrogens (tertiary/aromatic N) is 1. The molecule has 1 aromatic carbocycles. The summed E-state index contributed by atoms with van der Waals surface area (Å²) in [5, 5.41) is 6.40. The summed E-state index contributed by atoms with van der Waals surface area (Å²) in [6, 6.07) is 5.07. The number of aryl methyl sites for hydroxylation is 1. The Hall–Kier alpha value is -1.63. The second-order valence-corrected chi connectivity index (χ2v) is 8.59. The van der Waals surface area contributed by atoms with Gasteiger partial charge in [-0.05, 0) is 50.3 Å². The maximum Gasteiger partial charge on any atom is 0.191 e. The Kier molecular flexibility index (Phi) is 6.21. The molecular weight excluding hydrogens is 329 g/mol. The molecule has 1 aromatic rings. The molecule has 134 valence electrons. The molecule has 0 aliphatic carbocycles. The summed E-state index contributed by atoms with van der Waals surface area (Å²) in [5.74, 6) is 0.956. The van der Waals surface area contributed by atoms with Gasteiger partial charge in [0.05, 0.1) is 17.5 Å². The van der Waals surface area contributed by atoms with E-state index in [1.54, 1.807) is 13.0 Å². The summed E-state index contributed by atoms with van der Waals surface area (Å²) < 4.78 is 36.8. The average molecular weight is 355 g/mol. The molecule has 2 atom stereocenters. The number of nitrogens with one attached hydrogen (secondary N) is 2.